The molecule has 15 heavy (non-hydrogen) atoms. The molecule has 0 amide bonds. The molecule has 5 heteroatoms. The van der Waals surface area contributed by atoms with E-state index in [-0.39, 0.29) is 5.82 Å². The Labute approximate surface area is 100 Å². The minimum Gasteiger partial charge on any atom is -0.240 e. The van der Waals surface area contributed by atoms with Gasteiger partial charge in [0.25, 0.3) is 0 Å². The first-order chi connectivity index (χ1) is 7.20. The van der Waals surface area contributed by atoms with Crippen LogP contribution in [-0.4, -0.2) is 4.98 Å². The first-order valence-corrected chi connectivity index (χ1v) is 5.95. The summed E-state index contributed by atoms with van der Waals surface area (Å²) in [7, 11) is 0. The number of hydrogen-bond acceptors (Lipinski definition) is 2. The molecule has 1 aromatic heterocycles. The number of aromatic nitrogens is 1. The summed E-state index contributed by atoms with van der Waals surface area (Å²) >= 11 is 12.8. The maximum atomic E-state index is 13.4. The molecule has 1 heterocycles. The maximum absolute atomic E-state index is 13.4. The van der Waals surface area contributed by atoms with Crippen molar-refractivity contribution < 1.29 is 4.39 Å². The fourth-order valence-electron chi connectivity index (χ4n) is 1.19. The highest BCUT2D eigenvalue weighted by atomic mass is 35.5. The molecular weight excluding hydrogens is 256 g/mol. The second-order valence-corrected chi connectivity index (χ2v) is 4.53. The van der Waals surface area contributed by atoms with Gasteiger partial charge < -0.3 is 0 Å². The lowest BCUT2D eigenvalue weighted by atomic mass is 10.1. The summed E-state index contributed by atoms with van der Waals surface area (Å²) in [6.45, 7) is 0. The summed E-state index contributed by atoms with van der Waals surface area (Å²) in [5.41, 5.74) is 0.991. The first kappa shape index (κ1) is 10.9. The van der Waals surface area contributed by atoms with Crippen molar-refractivity contribution in [3.05, 3.63) is 39.4 Å². The second-order valence-electron chi connectivity index (χ2n) is 2.88. The van der Waals surface area contributed by atoms with Crippen LogP contribution >= 0.6 is 34.5 Å². The topological polar surface area (TPSA) is 12.9 Å². The first-order valence-electron chi connectivity index (χ1n) is 4.16. The molecule has 0 bridgehead atoms. The van der Waals surface area contributed by atoms with E-state index in [1.165, 1.54) is 23.5 Å². The zero-order valence-corrected chi connectivity index (χ0v) is 9.83. The molecule has 0 fully saturated rings. The van der Waals surface area contributed by atoms with Crippen molar-refractivity contribution in [3.63, 3.8) is 0 Å². The van der Waals surface area contributed by atoms with Crippen molar-refractivity contribution in [2.75, 3.05) is 0 Å². The average molecular weight is 262 g/mol. The molecule has 0 N–H and O–H groups in total. The zero-order valence-electron chi connectivity index (χ0n) is 7.51. The van der Waals surface area contributed by atoms with Crippen molar-refractivity contribution in [3.8, 4) is 11.3 Å². The summed E-state index contributed by atoms with van der Waals surface area (Å²) in [5.74, 6) is 0.0122. The van der Waals surface area contributed by atoms with Gasteiger partial charge in [0, 0.05) is 16.0 Å². The quantitative estimate of drug-likeness (QED) is 0.733. The van der Waals surface area contributed by atoms with E-state index >= 15 is 0 Å². The Hall–Kier alpha value is -0.640. The summed E-state index contributed by atoms with van der Waals surface area (Å²) in [5, 5.41) is 3.03. The summed E-state index contributed by atoms with van der Waals surface area (Å²) in [6, 6.07) is 4.40. The predicted octanol–water partition coefficient (Wildman–Crippen LogP) is 4.34. The zero-order chi connectivity index (χ0) is 10.8. The van der Waals surface area contributed by atoms with Crippen LogP contribution in [0.1, 0.15) is 5.01 Å². The van der Waals surface area contributed by atoms with Crippen molar-refractivity contribution in [1.82, 2.24) is 4.98 Å². The molecule has 0 atom stereocenters. The van der Waals surface area contributed by atoms with E-state index in [1.54, 1.807) is 11.4 Å². The standard InChI is InChI=1S/C10H6Cl2FNS/c11-4-10-14-9(5-15-10)7-3-6(12)1-2-8(7)13/h1-3,5H,4H2. The van der Waals surface area contributed by atoms with Gasteiger partial charge in [0.1, 0.15) is 10.8 Å². The number of rotatable bonds is 2. The lowest BCUT2D eigenvalue weighted by molar-refractivity contribution is 0.631. The molecule has 1 nitrogen and oxygen atoms in total. The second kappa shape index (κ2) is 4.47. The summed E-state index contributed by atoms with van der Waals surface area (Å²) in [6.07, 6.45) is 0. The lowest BCUT2D eigenvalue weighted by Crippen LogP contribution is -1.85. The van der Waals surface area contributed by atoms with E-state index < -0.39 is 0 Å². The molecular formula is C10H6Cl2FNS. The predicted molar refractivity (Wildman–Crippen MR) is 62.1 cm³/mol. The van der Waals surface area contributed by atoms with Gasteiger partial charge in [-0.1, -0.05) is 11.6 Å². The molecule has 1 aromatic carbocycles. The van der Waals surface area contributed by atoms with Crippen molar-refractivity contribution in [2.24, 2.45) is 0 Å². The van der Waals surface area contributed by atoms with Crippen molar-refractivity contribution in [1.29, 1.82) is 0 Å². The fraction of sp³-hybridized carbons (Fsp3) is 0.100. The molecule has 0 spiro atoms. The Morgan fingerprint density at radius 3 is 2.87 bits per heavy atom. The number of benzene rings is 1. The minimum absolute atomic E-state index is 0.328. The van der Waals surface area contributed by atoms with E-state index in [0.717, 1.165) is 5.01 Å². The van der Waals surface area contributed by atoms with Crippen LogP contribution in [0.3, 0.4) is 0 Å². The Morgan fingerprint density at radius 2 is 2.20 bits per heavy atom. The molecule has 2 aromatic rings. The van der Waals surface area contributed by atoms with Crippen LogP contribution in [0.25, 0.3) is 11.3 Å². The molecule has 2 rings (SSSR count). The third-order valence-corrected chi connectivity index (χ3v) is 3.37. The highest BCUT2D eigenvalue weighted by Crippen LogP contribution is 2.27. The molecule has 0 saturated carbocycles. The summed E-state index contributed by atoms with van der Waals surface area (Å²) < 4.78 is 13.4. The number of thiazole rings is 1. The van der Waals surface area contributed by atoms with Crippen LogP contribution in [0.5, 0.6) is 0 Å². The van der Waals surface area contributed by atoms with Crippen molar-refractivity contribution >= 4 is 34.5 Å². The molecule has 0 unspecified atom stereocenters. The summed E-state index contributed by atoms with van der Waals surface area (Å²) in [4.78, 5) is 4.19. The van der Waals surface area contributed by atoms with E-state index in [2.05, 4.69) is 4.98 Å². The van der Waals surface area contributed by atoms with Crippen LogP contribution in [0.15, 0.2) is 23.6 Å². The van der Waals surface area contributed by atoms with Crippen molar-refractivity contribution in [2.45, 2.75) is 5.88 Å². The number of nitrogens with zero attached hydrogens (tertiary/aromatic N) is 1. The van der Waals surface area contributed by atoms with Crippen LogP contribution in [-0.2, 0) is 5.88 Å². The molecule has 0 radical (unpaired) electrons. The monoisotopic (exact) mass is 261 g/mol. The van der Waals surface area contributed by atoms with Gasteiger partial charge >= 0.3 is 0 Å². The maximum Gasteiger partial charge on any atom is 0.132 e. The van der Waals surface area contributed by atoms with E-state index in [9.17, 15) is 4.39 Å². The molecule has 0 aliphatic heterocycles. The Kier molecular flexibility index (Phi) is 3.24. The van der Waals surface area contributed by atoms with Crippen LogP contribution in [0.2, 0.25) is 5.02 Å². The Balaban J connectivity index is 2.48. The fourth-order valence-corrected chi connectivity index (χ4v) is 2.25. The van der Waals surface area contributed by atoms with Crippen LogP contribution in [0, 0.1) is 5.82 Å². The third kappa shape index (κ3) is 2.30. The van der Waals surface area contributed by atoms with Gasteiger partial charge in [0.05, 0.1) is 11.6 Å². The number of hydrogen-bond donors (Lipinski definition) is 0. The van der Waals surface area contributed by atoms with Gasteiger partial charge in [-0.2, -0.15) is 0 Å². The van der Waals surface area contributed by atoms with Gasteiger partial charge in [-0.3, -0.25) is 0 Å². The number of halogens is 3. The Bertz CT molecular complexity index is 484. The van der Waals surface area contributed by atoms with Crippen LogP contribution < -0.4 is 0 Å². The van der Waals surface area contributed by atoms with Crippen LogP contribution in [0.4, 0.5) is 4.39 Å². The normalized spacial score (nSPS) is 10.6. The lowest BCUT2D eigenvalue weighted by Gasteiger charge is -1.99. The largest absolute Gasteiger partial charge is 0.240 e. The highest BCUT2D eigenvalue weighted by Gasteiger charge is 2.09. The van der Waals surface area contributed by atoms with E-state index in [0.29, 0.717) is 22.2 Å². The minimum atomic E-state index is -0.328. The SMILES string of the molecule is Fc1ccc(Cl)cc1-c1csc(CCl)n1. The molecule has 0 saturated heterocycles. The van der Waals surface area contributed by atoms with Gasteiger partial charge in [-0.25, -0.2) is 9.37 Å². The average Bonchev–Trinajstić information content (AvgIpc) is 2.70. The van der Waals surface area contributed by atoms with Gasteiger partial charge in [0.2, 0.25) is 0 Å². The van der Waals surface area contributed by atoms with E-state index in [4.69, 9.17) is 23.2 Å². The van der Waals surface area contributed by atoms with E-state index in [1.807, 2.05) is 0 Å². The number of alkyl halides is 1. The third-order valence-electron chi connectivity index (χ3n) is 1.87. The molecule has 78 valence electrons. The Morgan fingerprint density at radius 1 is 1.40 bits per heavy atom. The highest BCUT2D eigenvalue weighted by molar-refractivity contribution is 7.10. The van der Waals surface area contributed by atoms with Gasteiger partial charge in [0.15, 0.2) is 0 Å². The smallest absolute Gasteiger partial charge is 0.132 e. The molecule has 0 aliphatic rings. The van der Waals surface area contributed by atoms with Gasteiger partial charge in [-0.05, 0) is 18.2 Å². The van der Waals surface area contributed by atoms with Gasteiger partial charge in [-0.15, -0.1) is 22.9 Å². The molecule has 0 aliphatic carbocycles.